The Balaban J connectivity index is 1.76. The van der Waals surface area contributed by atoms with Gasteiger partial charge in [-0.25, -0.2) is 9.69 Å². The third kappa shape index (κ3) is 7.87. The summed E-state index contributed by atoms with van der Waals surface area (Å²) in [5, 5.41) is 10.4. The van der Waals surface area contributed by atoms with Crippen molar-refractivity contribution in [3.05, 3.63) is 77.3 Å². The van der Waals surface area contributed by atoms with Crippen LogP contribution < -0.4 is 11.1 Å². The summed E-state index contributed by atoms with van der Waals surface area (Å²) in [6.45, 7) is 3.43. The van der Waals surface area contributed by atoms with Crippen LogP contribution in [0.15, 0.2) is 66.2 Å². The van der Waals surface area contributed by atoms with E-state index in [1.54, 1.807) is 26.0 Å². The molecule has 0 fully saturated rings. The summed E-state index contributed by atoms with van der Waals surface area (Å²) in [4.78, 5) is 40.7. The highest BCUT2D eigenvalue weighted by Gasteiger charge is 2.40. The molecule has 0 unspecified atom stereocenters. The van der Waals surface area contributed by atoms with Crippen LogP contribution in [0, 0.1) is 5.92 Å². The van der Waals surface area contributed by atoms with Crippen LogP contribution in [-0.2, 0) is 26.7 Å². The van der Waals surface area contributed by atoms with Crippen LogP contribution in [0.5, 0.6) is 0 Å². The molecule has 3 amide bonds. The molecule has 0 aliphatic carbocycles. The van der Waals surface area contributed by atoms with E-state index in [2.05, 4.69) is 15.5 Å². The second kappa shape index (κ2) is 13.7. The summed E-state index contributed by atoms with van der Waals surface area (Å²) in [6, 6.07) is 16.7. The fourth-order valence-corrected chi connectivity index (χ4v) is 4.77. The van der Waals surface area contributed by atoms with E-state index < -0.39 is 35.9 Å². The lowest BCUT2D eigenvalue weighted by molar-refractivity contribution is -0.138. The van der Waals surface area contributed by atoms with Gasteiger partial charge in [0.2, 0.25) is 16.9 Å². The molecule has 36 heavy (non-hydrogen) atoms. The highest BCUT2D eigenvalue weighted by atomic mass is 32.2. The van der Waals surface area contributed by atoms with Gasteiger partial charge in [0, 0.05) is 11.5 Å². The lowest BCUT2D eigenvalue weighted by atomic mass is 10.0. The molecule has 2 aromatic carbocycles. The first-order valence-electron chi connectivity index (χ1n) is 11.3. The maximum absolute atomic E-state index is 13.5. The third-order valence-electron chi connectivity index (χ3n) is 5.13. The van der Waals surface area contributed by atoms with Gasteiger partial charge in [0.15, 0.2) is 0 Å². The highest BCUT2D eigenvalue weighted by Crippen LogP contribution is 2.20. The zero-order chi connectivity index (χ0) is 25.9. The maximum atomic E-state index is 13.5. The van der Waals surface area contributed by atoms with Gasteiger partial charge in [-0.15, -0.1) is 10.2 Å². The number of imide groups is 1. The van der Waals surface area contributed by atoms with Crippen LogP contribution in [0.4, 0.5) is 9.93 Å². The van der Waals surface area contributed by atoms with E-state index in [1.807, 2.05) is 48.5 Å². The first-order chi connectivity index (χ1) is 17.4. The standard InChI is InChI=1S/C25H29N5O4S2/c1-17(2)21(22(31)28-24-29-27-16-36-24)30(25(33)34-13-18-9-5-3-6-10-18)23(32)20(26)15-35-14-19-11-7-4-8-12-19/h3-12,16-17,20-21H,13-15,26H2,1-2H3,(H,28,29,31)/t20-,21-/m0/s1. The molecule has 0 radical (unpaired) electrons. The largest absolute Gasteiger partial charge is 0.444 e. The minimum Gasteiger partial charge on any atom is -0.444 e. The van der Waals surface area contributed by atoms with E-state index >= 15 is 0 Å². The monoisotopic (exact) mass is 527 g/mol. The lowest BCUT2D eigenvalue weighted by Gasteiger charge is -2.32. The maximum Gasteiger partial charge on any atom is 0.417 e. The van der Waals surface area contributed by atoms with Crippen molar-refractivity contribution in [2.45, 2.75) is 38.3 Å². The van der Waals surface area contributed by atoms with Crippen molar-refractivity contribution in [1.82, 2.24) is 15.1 Å². The number of carbonyl (C=O) groups excluding carboxylic acids is 3. The average Bonchev–Trinajstić information content (AvgIpc) is 3.39. The van der Waals surface area contributed by atoms with Crippen LogP contribution in [0.3, 0.4) is 0 Å². The summed E-state index contributed by atoms with van der Waals surface area (Å²) < 4.78 is 5.45. The van der Waals surface area contributed by atoms with Gasteiger partial charge in [0.1, 0.15) is 18.2 Å². The molecule has 0 aliphatic heterocycles. The molecule has 0 bridgehead atoms. The second-order valence-electron chi connectivity index (χ2n) is 8.28. The number of nitrogens with one attached hydrogen (secondary N) is 1. The Labute approximate surface area is 218 Å². The van der Waals surface area contributed by atoms with Crippen LogP contribution in [0.2, 0.25) is 0 Å². The first-order valence-corrected chi connectivity index (χ1v) is 13.4. The van der Waals surface area contributed by atoms with Crippen LogP contribution in [0.1, 0.15) is 25.0 Å². The minimum atomic E-state index is -1.16. The van der Waals surface area contributed by atoms with E-state index in [1.165, 1.54) is 17.3 Å². The molecule has 1 heterocycles. The van der Waals surface area contributed by atoms with E-state index in [0.29, 0.717) is 5.75 Å². The molecule has 1 aromatic heterocycles. The highest BCUT2D eigenvalue weighted by molar-refractivity contribution is 7.98. The van der Waals surface area contributed by atoms with Crippen LogP contribution in [-0.4, -0.2) is 50.8 Å². The van der Waals surface area contributed by atoms with E-state index in [9.17, 15) is 14.4 Å². The first kappa shape index (κ1) is 27.3. The summed E-state index contributed by atoms with van der Waals surface area (Å²) in [5.74, 6) is -0.754. The molecule has 9 nitrogen and oxygen atoms in total. The number of benzene rings is 2. The SMILES string of the molecule is CC(C)[C@@H](C(=O)Nc1nncs1)N(C(=O)OCc1ccccc1)C(=O)[C@@H](N)CSCc1ccccc1. The molecule has 2 atom stereocenters. The quantitative estimate of drug-likeness (QED) is 0.384. The molecule has 0 spiro atoms. The Bertz CT molecular complexity index is 1110. The number of anilines is 1. The Morgan fingerprint density at radius 1 is 1.06 bits per heavy atom. The van der Waals surface area contributed by atoms with Crippen molar-refractivity contribution in [3.63, 3.8) is 0 Å². The normalized spacial score (nSPS) is 12.6. The van der Waals surface area contributed by atoms with Gasteiger partial charge >= 0.3 is 6.09 Å². The van der Waals surface area contributed by atoms with Gasteiger partial charge in [0.25, 0.3) is 0 Å². The van der Waals surface area contributed by atoms with Gasteiger partial charge in [0.05, 0.1) is 6.04 Å². The Kier molecular flexibility index (Phi) is 10.4. The summed E-state index contributed by atoms with van der Waals surface area (Å²) in [6.07, 6.45) is -0.932. The number of thioether (sulfide) groups is 1. The van der Waals surface area contributed by atoms with Crippen LogP contribution >= 0.6 is 23.1 Å². The van der Waals surface area contributed by atoms with Gasteiger partial charge in [-0.1, -0.05) is 85.8 Å². The number of amides is 3. The Morgan fingerprint density at radius 2 is 1.69 bits per heavy atom. The van der Waals surface area contributed by atoms with Crippen molar-refractivity contribution >= 4 is 46.1 Å². The Hall–Kier alpha value is -3.28. The van der Waals surface area contributed by atoms with E-state index in [-0.39, 0.29) is 17.5 Å². The topological polar surface area (TPSA) is 128 Å². The van der Waals surface area contributed by atoms with Gasteiger partial charge in [-0.3, -0.25) is 14.9 Å². The Morgan fingerprint density at radius 3 is 2.28 bits per heavy atom. The van der Waals surface area contributed by atoms with Crippen molar-refractivity contribution in [1.29, 1.82) is 0 Å². The molecule has 3 rings (SSSR count). The molecular weight excluding hydrogens is 498 g/mol. The number of hydrogen-bond donors (Lipinski definition) is 2. The van der Waals surface area contributed by atoms with Crippen molar-refractivity contribution < 1.29 is 19.1 Å². The van der Waals surface area contributed by atoms with Crippen LogP contribution in [0.25, 0.3) is 0 Å². The smallest absolute Gasteiger partial charge is 0.417 e. The predicted octanol–water partition coefficient (Wildman–Crippen LogP) is 3.93. The molecular formula is C25H29N5O4S2. The number of rotatable bonds is 11. The van der Waals surface area contributed by atoms with Crippen molar-refractivity contribution in [3.8, 4) is 0 Å². The molecule has 0 aliphatic rings. The fraction of sp³-hybridized carbons (Fsp3) is 0.320. The molecule has 0 saturated carbocycles. The average molecular weight is 528 g/mol. The zero-order valence-corrected chi connectivity index (χ0v) is 21.7. The summed E-state index contributed by atoms with van der Waals surface area (Å²) >= 11 is 2.60. The predicted molar refractivity (Wildman–Crippen MR) is 141 cm³/mol. The number of carbonyl (C=O) groups is 3. The number of aromatic nitrogens is 2. The third-order valence-corrected chi connectivity index (χ3v) is 6.87. The van der Waals surface area contributed by atoms with Gasteiger partial charge < -0.3 is 10.5 Å². The van der Waals surface area contributed by atoms with E-state index in [4.69, 9.17) is 10.5 Å². The second-order valence-corrected chi connectivity index (χ2v) is 10.1. The lowest BCUT2D eigenvalue weighted by Crippen LogP contribution is -2.57. The summed E-state index contributed by atoms with van der Waals surface area (Å²) in [7, 11) is 0. The summed E-state index contributed by atoms with van der Waals surface area (Å²) in [5.41, 5.74) is 9.54. The van der Waals surface area contributed by atoms with Gasteiger partial charge in [-0.05, 0) is 17.0 Å². The fourth-order valence-electron chi connectivity index (χ4n) is 3.38. The van der Waals surface area contributed by atoms with Gasteiger partial charge in [-0.2, -0.15) is 11.8 Å². The molecule has 11 heteroatoms. The number of ether oxygens (including phenoxy) is 1. The number of nitrogens with two attached hydrogens (primary N) is 1. The van der Waals surface area contributed by atoms with E-state index in [0.717, 1.165) is 27.4 Å². The molecule has 3 aromatic rings. The number of nitrogens with zero attached hydrogens (tertiary/aromatic N) is 3. The molecule has 0 saturated heterocycles. The zero-order valence-electron chi connectivity index (χ0n) is 20.1. The molecule has 3 N–H and O–H groups in total. The minimum absolute atomic E-state index is 0.0513. The van der Waals surface area contributed by atoms with Crippen molar-refractivity contribution in [2.24, 2.45) is 11.7 Å². The van der Waals surface area contributed by atoms with Crippen molar-refractivity contribution in [2.75, 3.05) is 11.1 Å². The molecule has 190 valence electrons. The number of hydrogen-bond acceptors (Lipinski definition) is 9.